The van der Waals surface area contributed by atoms with Crippen molar-refractivity contribution < 1.29 is 0 Å². The van der Waals surface area contributed by atoms with Gasteiger partial charge >= 0.3 is 0 Å². The first-order valence-electron chi connectivity index (χ1n) is 14.2. The van der Waals surface area contributed by atoms with Crippen LogP contribution in [0.1, 0.15) is 17.5 Å². The lowest BCUT2D eigenvalue weighted by Gasteiger charge is -2.12. The molecule has 0 N–H and O–H groups in total. The Kier molecular flexibility index (Phi) is 5.80. The maximum atomic E-state index is 3.33. The summed E-state index contributed by atoms with van der Waals surface area (Å²) in [7, 11) is 0. The van der Waals surface area contributed by atoms with E-state index in [1.54, 1.807) is 0 Å². The molecule has 192 valence electrons. The van der Waals surface area contributed by atoms with Crippen LogP contribution in [0.4, 0.5) is 0 Å². The molecule has 0 unspecified atom stereocenters. The largest absolute Gasteiger partial charge is 0.134 e. The standard InChI is InChI=1S/C40H26S/c1-3-11-27(12-4-1)29-21-23-34-30(25-29)19-20-31-26-32(22-24-35(31)34)39-37-17-9-10-18-38(37)40(41-39)36-16-8-7-15-33(36)28-13-5-2-6-14-28/h1-5,7-9,11-13,15-17,19-26H,10,18H2. The van der Waals surface area contributed by atoms with E-state index in [1.165, 1.54) is 70.2 Å². The lowest BCUT2D eigenvalue weighted by Crippen LogP contribution is -1.94. The van der Waals surface area contributed by atoms with Gasteiger partial charge in [-0.15, -0.1) is 11.3 Å². The van der Waals surface area contributed by atoms with Crippen molar-refractivity contribution >= 4 is 39.0 Å². The quantitative estimate of drug-likeness (QED) is 0.196. The summed E-state index contributed by atoms with van der Waals surface area (Å²) in [6.07, 6.45) is 6.82. The number of benzene rings is 5. The molecule has 1 aliphatic rings. The van der Waals surface area contributed by atoms with Gasteiger partial charge in [-0.2, -0.15) is 0 Å². The Bertz CT molecular complexity index is 2080. The summed E-state index contributed by atoms with van der Waals surface area (Å²) >= 11 is 1.93. The van der Waals surface area contributed by atoms with Crippen LogP contribution in [0.2, 0.25) is 0 Å². The van der Waals surface area contributed by atoms with E-state index in [-0.39, 0.29) is 0 Å². The molecular formula is C40H26S. The summed E-state index contributed by atoms with van der Waals surface area (Å²) in [6, 6.07) is 50.3. The van der Waals surface area contributed by atoms with E-state index < -0.39 is 0 Å². The topological polar surface area (TPSA) is 0 Å². The first-order valence-corrected chi connectivity index (χ1v) is 15.0. The summed E-state index contributed by atoms with van der Waals surface area (Å²) in [5, 5.41) is 5.15. The van der Waals surface area contributed by atoms with Crippen molar-refractivity contribution in [3.8, 4) is 43.1 Å². The molecule has 1 aromatic heterocycles. The van der Waals surface area contributed by atoms with Crippen molar-refractivity contribution in [3.05, 3.63) is 151 Å². The average molecular weight is 539 g/mol. The smallest absolute Gasteiger partial charge is 0.0424 e. The first kappa shape index (κ1) is 23.9. The molecule has 41 heavy (non-hydrogen) atoms. The van der Waals surface area contributed by atoms with Gasteiger partial charge in [0.05, 0.1) is 0 Å². The molecule has 0 nitrogen and oxygen atoms in total. The van der Waals surface area contributed by atoms with Crippen LogP contribution in [0.25, 0.3) is 70.8 Å². The van der Waals surface area contributed by atoms with Gasteiger partial charge in [0.25, 0.3) is 0 Å². The van der Waals surface area contributed by atoms with E-state index in [0.717, 1.165) is 18.4 Å². The van der Waals surface area contributed by atoms with Crippen LogP contribution in [-0.4, -0.2) is 0 Å². The summed E-state index contributed by atoms with van der Waals surface area (Å²) in [6.45, 7) is 0. The Morgan fingerprint density at radius 3 is 2.10 bits per heavy atom. The van der Waals surface area contributed by atoms with Crippen molar-refractivity contribution in [1.82, 2.24) is 0 Å². The van der Waals surface area contributed by atoms with Crippen LogP contribution in [-0.2, 0) is 6.42 Å². The molecule has 6 aromatic carbocycles. The minimum atomic E-state index is 1.07. The molecule has 0 atom stereocenters. The molecule has 1 heterocycles. The van der Waals surface area contributed by atoms with Crippen molar-refractivity contribution in [3.63, 3.8) is 0 Å². The van der Waals surface area contributed by atoms with Crippen molar-refractivity contribution in [1.29, 1.82) is 0 Å². The van der Waals surface area contributed by atoms with Crippen LogP contribution in [0, 0.1) is 12.1 Å². The van der Waals surface area contributed by atoms with Crippen LogP contribution < -0.4 is 0 Å². The molecule has 1 aliphatic carbocycles. The average Bonchev–Trinajstić information content (AvgIpc) is 3.44. The van der Waals surface area contributed by atoms with Crippen LogP contribution >= 0.6 is 11.3 Å². The van der Waals surface area contributed by atoms with Gasteiger partial charge in [0.15, 0.2) is 0 Å². The minimum Gasteiger partial charge on any atom is -0.134 e. The third-order valence-corrected chi connectivity index (χ3v) is 9.54. The van der Waals surface area contributed by atoms with Gasteiger partial charge in [0.1, 0.15) is 0 Å². The summed E-state index contributed by atoms with van der Waals surface area (Å²) in [5.74, 6) is 0. The Balaban J connectivity index is 1.25. The van der Waals surface area contributed by atoms with E-state index in [4.69, 9.17) is 0 Å². The van der Waals surface area contributed by atoms with Crippen LogP contribution in [0.5, 0.6) is 0 Å². The molecule has 0 saturated carbocycles. The molecule has 1 heteroatoms. The fraction of sp³-hybridized carbons (Fsp3) is 0.0500. The summed E-state index contributed by atoms with van der Waals surface area (Å²) in [5.41, 5.74) is 10.2. The van der Waals surface area contributed by atoms with E-state index in [9.17, 15) is 0 Å². The fourth-order valence-corrected chi connectivity index (χ4v) is 7.59. The highest BCUT2D eigenvalue weighted by Crippen LogP contribution is 2.48. The van der Waals surface area contributed by atoms with Crippen molar-refractivity contribution in [2.45, 2.75) is 12.8 Å². The lowest BCUT2D eigenvalue weighted by molar-refractivity contribution is 0.996. The third-order valence-electron chi connectivity index (χ3n) is 8.21. The van der Waals surface area contributed by atoms with E-state index in [1.807, 2.05) is 23.5 Å². The fourth-order valence-electron chi connectivity index (χ4n) is 6.21. The Labute approximate surface area is 244 Å². The van der Waals surface area contributed by atoms with Crippen LogP contribution in [0.3, 0.4) is 0 Å². The van der Waals surface area contributed by atoms with Gasteiger partial charge in [-0.05, 0) is 92.0 Å². The van der Waals surface area contributed by atoms with E-state index in [2.05, 4.69) is 133 Å². The molecule has 7 aromatic rings. The second kappa shape index (κ2) is 9.93. The van der Waals surface area contributed by atoms with E-state index in [0.29, 0.717) is 0 Å². The first-order chi connectivity index (χ1) is 20.3. The molecular weight excluding hydrogens is 513 g/mol. The summed E-state index contributed by atoms with van der Waals surface area (Å²) in [4.78, 5) is 2.73. The Hall–Kier alpha value is -4.90. The van der Waals surface area contributed by atoms with Gasteiger partial charge in [-0.3, -0.25) is 0 Å². The Morgan fingerprint density at radius 1 is 0.585 bits per heavy atom. The number of rotatable bonds is 4. The zero-order valence-corrected chi connectivity index (χ0v) is 23.3. The van der Waals surface area contributed by atoms with Gasteiger partial charge in [-0.1, -0.05) is 121 Å². The SMILES string of the molecule is c1cccc(-c2ccccc2-c2sc(-c3ccc4c(ccc5cc(-c6ccccc6)ccc54)c3)c3c2CCC=C3)c#1. The second-order valence-corrected chi connectivity index (χ2v) is 11.7. The molecule has 0 aliphatic heterocycles. The minimum absolute atomic E-state index is 1.07. The predicted molar refractivity (Wildman–Crippen MR) is 176 cm³/mol. The zero-order chi connectivity index (χ0) is 27.2. The maximum Gasteiger partial charge on any atom is 0.0424 e. The molecule has 0 amide bonds. The van der Waals surface area contributed by atoms with Crippen molar-refractivity contribution in [2.24, 2.45) is 0 Å². The second-order valence-electron chi connectivity index (χ2n) is 10.7. The number of thiophene rings is 1. The molecule has 0 bridgehead atoms. The molecule has 0 saturated heterocycles. The highest BCUT2D eigenvalue weighted by molar-refractivity contribution is 7.19. The highest BCUT2D eigenvalue weighted by atomic mass is 32.1. The maximum absolute atomic E-state index is 3.33. The van der Waals surface area contributed by atoms with Gasteiger partial charge in [0.2, 0.25) is 0 Å². The zero-order valence-electron chi connectivity index (χ0n) is 22.5. The summed E-state index contributed by atoms with van der Waals surface area (Å²) < 4.78 is 0. The number of fused-ring (bicyclic) bond motifs is 4. The molecule has 0 fully saturated rings. The monoisotopic (exact) mass is 538 g/mol. The Morgan fingerprint density at radius 2 is 1.32 bits per heavy atom. The van der Waals surface area contributed by atoms with Gasteiger partial charge in [-0.25, -0.2) is 0 Å². The number of allylic oxidation sites excluding steroid dienone is 1. The highest BCUT2D eigenvalue weighted by Gasteiger charge is 2.22. The molecule has 0 radical (unpaired) electrons. The lowest BCUT2D eigenvalue weighted by atomic mass is 9.91. The normalized spacial score (nSPS) is 12.4. The number of hydrogen-bond acceptors (Lipinski definition) is 1. The van der Waals surface area contributed by atoms with Gasteiger partial charge < -0.3 is 0 Å². The van der Waals surface area contributed by atoms with E-state index >= 15 is 0 Å². The molecule has 8 rings (SSSR count). The third kappa shape index (κ3) is 4.16. The van der Waals surface area contributed by atoms with Gasteiger partial charge in [0, 0.05) is 20.9 Å². The number of hydrogen-bond donors (Lipinski definition) is 0. The van der Waals surface area contributed by atoms with Crippen molar-refractivity contribution in [2.75, 3.05) is 0 Å². The predicted octanol–water partition coefficient (Wildman–Crippen LogP) is 11.3. The van der Waals surface area contributed by atoms with Crippen LogP contribution in [0.15, 0.2) is 127 Å². The molecule has 0 spiro atoms.